The lowest BCUT2D eigenvalue weighted by molar-refractivity contribution is 0.00578. The van der Waals surface area contributed by atoms with Gasteiger partial charge < -0.3 is 39.8 Å². The highest BCUT2D eigenvalue weighted by atomic mass is 79.9. The lowest BCUT2D eigenvalue weighted by atomic mass is 9.77. The van der Waals surface area contributed by atoms with Crippen LogP contribution in [0.25, 0.3) is 53.6 Å². The van der Waals surface area contributed by atoms with Crippen LogP contribution in [0.2, 0.25) is 15.1 Å². The third kappa shape index (κ3) is 27.9. The van der Waals surface area contributed by atoms with Crippen LogP contribution in [0, 0.1) is 27.7 Å². The SMILES string of the molecule is C1CCNCC1.CC(C)(C)c1cc(B2OC(C)(C)C(C)(C)O2)ccn1.Cc1sc(-c2ccnc(C(C)(C)C)c2)cc1-c1ccc(C(=O)N2CCCCC2)cc1Cl.Cc1sc(-c2ccnc(C(C)(C)C)c2)cc1-c1ccc(C(=O)O)cc1Cl.Cc1sc(-c2ccnc(C(C)(C)C)c2)cc1Br.Cc1sc(Br)cc1Br.O=C(O)c1ccc(B(O)O)c(Cl)c1. The molecule has 0 unspecified atom stereocenters. The van der Waals surface area contributed by atoms with Crippen molar-refractivity contribution < 1.29 is 44.0 Å². The van der Waals surface area contributed by atoms with E-state index < -0.39 is 19.1 Å². The van der Waals surface area contributed by atoms with E-state index in [4.69, 9.17) is 64.4 Å². The zero-order valence-corrected chi connectivity index (χ0v) is 82.4. The molecule has 8 aromatic heterocycles. The van der Waals surface area contributed by atoms with Crippen molar-refractivity contribution in [3.05, 3.63) is 239 Å². The normalized spacial score (nSPS) is 14.3. The van der Waals surface area contributed by atoms with E-state index in [0.717, 1.165) is 91.7 Å². The maximum atomic E-state index is 12.8. The molecule has 3 aliphatic rings. The molecule has 3 fully saturated rings. The molecule has 11 heterocycles. The number of pyridine rings is 4. The Kier molecular flexibility index (Phi) is 35.6. The number of piperidine rings is 2. The Morgan fingerprint density at radius 3 is 1.16 bits per heavy atom. The Labute approximate surface area is 766 Å². The number of nitrogens with zero attached hydrogens (tertiary/aromatic N) is 5. The number of rotatable bonds is 10. The van der Waals surface area contributed by atoms with Crippen LogP contribution in [-0.2, 0) is 31.0 Å². The summed E-state index contributed by atoms with van der Waals surface area (Å²) in [7, 11) is -2.00. The van der Waals surface area contributed by atoms with E-state index in [1.165, 1.54) is 111 Å². The zero-order chi connectivity index (χ0) is 88.7. The van der Waals surface area contributed by atoms with Gasteiger partial charge in [0.25, 0.3) is 5.91 Å². The lowest BCUT2D eigenvalue weighted by Crippen LogP contribution is -2.41. The molecule has 638 valence electrons. The van der Waals surface area contributed by atoms with Gasteiger partial charge in [-0.2, -0.15) is 0 Å². The number of carboxylic acids is 2. The first kappa shape index (κ1) is 99.1. The van der Waals surface area contributed by atoms with Crippen LogP contribution in [0.15, 0.2) is 165 Å². The van der Waals surface area contributed by atoms with Gasteiger partial charge in [-0.15, -0.1) is 45.3 Å². The van der Waals surface area contributed by atoms with E-state index in [1.807, 2.05) is 71.4 Å². The Morgan fingerprint density at radius 2 is 0.817 bits per heavy atom. The van der Waals surface area contributed by atoms with Crippen molar-refractivity contribution in [2.24, 2.45) is 0 Å². The quantitative estimate of drug-likeness (QED) is 0.0805. The van der Waals surface area contributed by atoms with E-state index in [0.29, 0.717) is 15.6 Å². The summed E-state index contributed by atoms with van der Waals surface area (Å²) in [6, 6.07) is 39.5. The lowest BCUT2D eigenvalue weighted by Gasteiger charge is -2.32. The summed E-state index contributed by atoms with van der Waals surface area (Å²) in [5.41, 5.74) is 13.4. The fourth-order valence-corrected chi connectivity index (χ4v) is 19.4. The van der Waals surface area contributed by atoms with Crippen molar-refractivity contribution in [3.8, 4) is 53.6 Å². The summed E-state index contributed by atoms with van der Waals surface area (Å²) in [6.45, 7) is 46.9. The number of halogens is 6. The molecule has 0 spiro atoms. The smallest absolute Gasteiger partial charge is 0.478 e. The van der Waals surface area contributed by atoms with Crippen LogP contribution in [0.1, 0.15) is 223 Å². The number of aromatic carboxylic acids is 2. The summed E-state index contributed by atoms with van der Waals surface area (Å²) in [5.74, 6) is -2.00. The molecule has 120 heavy (non-hydrogen) atoms. The Bertz CT molecular complexity index is 5280. The third-order valence-corrected chi connectivity index (χ3v) is 28.4. The average molecular weight is 1950 g/mol. The van der Waals surface area contributed by atoms with Crippen LogP contribution in [0.5, 0.6) is 0 Å². The van der Waals surface area contributed by atoms with E-state index in [1.54, 1.807) is 46.1 Å². The predicted molar refractivity (Wildman–Crippen MR) is 516 cm³/mol. The monoisotopic (exact) mass is 1950 g/mol. The first-order chi connectivity index (χ1) is 56.0. The molecule has 27 heteroatoms. The minimum Gasteiger partial charge on any atom is -0.478 e. The average Bonchev–Trinajstić information content (AvgIpc) is 1.63. The van der Waals surface area contributed by atoms with Gasteiger partial charge >= 0.3 is 26.2 Å². The molecule has 0 saturated carbocycles. The zero-order valence-electron chi connectivity index (χ0n) is 72.1. The molecule has 0 radical (unpaired) electrons. The third-order valence-electron chi connectivity index (χ3n) is 20.4. The van der Waals surface area contributed by atoms with Crippen LogP contribution in [-0.4, -0.2) is 115 Å². The minimum atomic E-state index is -1.68. The summed E-state index contributed by atoms with van der Waals surface area (Å²) in [6.07, 6.45) is 15.1. The molecule has 1 amide bonds. The molecule has 3 aromatic carbocycles. The van der Waals surface area contributed by atoms with Gasteiger partial charge in [-0.25, -0.2) is 9.59 Å². The maximum Gasteiger partial charge on any atom is 0.494 e. The minimum absolute atomic E-state index is 0.00514. The number of aryl methyl sites for hydroxylation is 4. The topological polar surface area (TPSA) is 217 Å². The van der Waals surface area contributed by atoms with Gasteiger partial charge in [-0.3, -0.25) is 24.7 Å². The van der Waals surface area contributed by atoms with Gasteiger partial charge in [-0.1, -0.05) is 143 Å². The van der Waals surface area contributed by atoms with Gasteiger partial charge in [-0.05, 0) is 291 Å². The molecule has 15 nitrogen and oxygen atoms in total. The predicted octanol–water partition coefficient (Wildman–Crippen LogP) is 25.7. The number of likely N-dealkylation sites (tertiary alicyclic amines) is 1. The fraction of sp³-hybridized carbons (Fsp3) is 0.387. The highest BCUT2D eigenvalue weighted by Gasteiger charge is 2.52. The molecule has 11 aromatic rings. The van der Waals surface area contributed by atoms with E-state index >= 15 is 0 Å². The highest BCUT2D eigenvalue weighted by Crippen LogP contribution is 2.44. The first-order valence-corrected chi connectivity index (χ1v) is 46.6. The van der Waals surface area contributed by atoms with Crippen molar-refractivity contribution in [2.45, 2.75) is 210 Å². The summed E-state index contributed by atoms with van der Waals surface area (Å²) in [4.78, 5) is 62.9. The van der Waals surface area contributed by atoms with Gasteiger partial charge in [0, 0.05) is 163 Å². The first-order valence-electron chi connectivity index (χ1n) is 39.9. The molecule has 14 rings (SSSR count). The molecule has 5 N–H and O–H groups in total. The number of carboxylic acid groups (broad SMARTS) is 2. The Balaban J connectivity index is 0.000000183. The molecular weight excluding hydrogens is 1840 g/mol. The second-order valence-electron chi connectivity index (χ2n) is 34.8. The van der Waals surface area contributed by atoms with E-state index in [-0.39, 0.29) is 67.5 Å². The number of aromatic nitrogens is 4. The van der Waals surface area contributed by atoms with Crippen LogP contribution in [0.3, 0.4) is 0 Å². The molecule has 0 atom stereocenters. The number of hydrogen-bond donors (Lipinski definition) is 5. The van der Waals surface area contributed by atoms with Crippen molar-refractivity contribution in [2.75, 3.05) is 26.2 Å². The van der Waals surface area contributed by atoms with Gasteiger partial charge in [0.1, 0.15) is 0 Å². The van der Waals surface area contributed by atoms with Crippen LogP contribution < -0.4 is 16.2 Å². The summed E-state index contributed by atoms with van der Waals surface area (Å²) >= 11 is 36.0. The van der Waals surface area contributed by atoms with Gasteiger partial charge in [0.05, 0.1) is 26.1 Å². The molecule has 0 aliphatic carbocycles. The number of carbonyl (C=O) groups excluding carboxylic acids is 1. The second-order valence-corrected chi connectivity index (χ2v) is 44.1. The van der Waals surface area contributed by atoms with Crippen molar-refractivity contribution in [3.63, 3.8) is 0 Å². The number of amides is 1. The second kappa shape index (κ2) is 43.1. The number of nitrogens with one attached hydrogen (secondary N) is 1. The number of carbonyl (C=O) groups is 3. The number of thiophene rings is 4. The van der Waals surface area contributed by atoms with Gasteiger partial charge in [0.2, 0.25) is 0 Å². The number of hydrogen-bond acceptors (Lipinski definition) is 16. The number of benzene rings is 3. The van der Waals surface area contributed by atoms with Crippen molar-refractivity contribution in [1.29, 1.82) is 0 Å². The molecule has 0 bridgehead atoms. The van der Waals surface area contributed by atoms with E-state index in [2.05, 4.69) is 272 Å². The fourth-order valence-electron chi connectivity index (χ4n) is 12.5. The molecule has 3 saturated heterocycles. The molecular formula is C93H110B2Br3Cl3N6O9S4. The summed E-state index contributed by atoms with van der Waals surface area (Å²) < 4.78 is 15.7. The van der Waals surface area contributed by atoms with E-state index in [9.17, 15) is 14.4 Å². The summed E-state index contributed by atoms with van der Waals surface area (Å²) in [5, 5.41) is 39.6. The molecule has 3 aliphatic heterocycles. The standard InChI is InChI=1S/C26H29ClN2OS.C21H20ClNO2S.C15H24BNO2.C14H16BrNS.C7H6BClO4.C5H4Br2S.C5H11N/c1-17-21(16-23(31-17)18-10-11-28-24(15-18)26(2,3)4)20-9-8-19(14-22(20)27)25(30)29-12-6-5-7-13-29;1-12-16(15-6-5-14(20(24)25)9-17(15)22)11-18(26-12)13-7-8-23-19(10-13)21(2,3)4;1-13(2,3)12-10-11(8-9-17-12)16-18-14(4,5)15(6,7)19-16;1-9-11(15)8-12(17-9)10-5-6-16-13(7-10)14(2,3)4;9-6-3-4(7(10)11)1-2-5(6)8(12)13;1-3-4(6)2-5(7)8-3;1-2-4-6-5-3-1/h8-11,14-16H,5-7,12-13H2,1-4H3;5-11H,1-4H3,(H,24,25);8-10H,1-7H3;5-8H,1-4H3;1-3,12-13H,(H,10,11);2H,1H3;6H,1-5H2. The largest absolute Gasteiger partial charge is 0.494 e. The maximum absolute atomic E-state index is 12.8. The van der Waals surface area contributed by atoms with Crippen LogP contribution >= 0.6 is 128 Å². The Hall–Kier alpha value is -6.29. The van der Waals surface area contributed by atoms with Crippen LogP contribution in [0.4, 0.5) is 0 Å². The van der Waals surface area contributed by atoms with Crippen molar-refractivity contribution in [1.82, 2.24) is 30.2 Å². The van der Waals surface area contributed by atoms with Gasteiger partial charge in [0.15, 0.2) is 0 Å². The van der Waals surface area contributed by atoms with Crippen molar-refractivity contribution >= 4 is 171 Å². The highest BCUT2D eigenvalue weighted by molar-refractivity contribution is 9.11. The Morgan fingerprint density at radius 1 is 0.450 bits per heavy atom.